The Morgan fingerprint density at radius 3 is 2.58 bits per heavy atom. The highest BCUT2D eigenvalue weighted by Crippen LogP contribution is 2.29. The summed E-state index contributed by atoms with van der Waals surface area (Å²) in [5.74, 6) is -1.76. The van der Waals surface area contributed by atoms with E-state index in [-0.39, 0.29) is 29.6 Å². The van der Waals surface area contributed by atoms with Crippen LogP contribution >= 0.6 is 0 Å². The molecule has 0 aromatic heterocycles. The van der Waals surface area contributed by atoms with Crippen LogP contribution in [0, 0.1) is 23.0 Å². The summed E-state index contributed by atoms with van der Waals surface area (Å²) in [6.45, 7) is 1.01. The Kier molecular flexibility index (Phi) is 3.99. The molecule has 0 amide bonds. The predicted molar refractivity (Wildman–Crippen MR) is 69.4 cm³/mol. The van der Waals surface area contributed by atoms with Crippen molar-refractivity contribution in [1.29, 1.82) is 5.41 Å². The number of hydrogen-bond donors (Lipinski definition) is 3. The van der Waals surface area contributed by atoms with Gasteiger partial charge in [0.2, 0.25) is 0 Å². The maximum atomic E-state index is 14.0. The zero-order valence-corrected chi connectivity index (χ0v) is 10.5. The molecule has 4 N–H and O–H groups in total. The van der Waals surface area contributed by atoms with Crippen LogP contribution in [0.4, 0.5) is 14.5 Å². The molecule has 1 saturated heterocycles. The maximum absolute atomic E-state index is 14.0. The fourth-order valence-corrected chi connectivity index (χ4v) is 2.44. The summed E-state index contributed by atoms with van der Waals surface area (Å²) in [6, 6.07) is 2.15. The van der Waals surface area contributed by atoms with Crippen LogP contribution in [-0.4, -0.2) is 30.6 Å². The molecular formula is C13H17F2N3O. The number of aliphatic hydroxyl groups excluding tert-OH is 1. The van der Waals surface area contributed by atoms with E-state index in [2.05, 4.69) is 0 Å². The molecule has 1 aromatic rings. The van der Waals surface area contributed by atoms with E-state index < -0.39 is 11.6 Å². The molecule has 1 aromatic carbocycles. The van der Waals surface area contributed by atoms with Gasteiger partial charge in [0, 0.05) is 25.3 Å². The van der Waals surface area contributed by atoms with E-state index in [0.717, 1.165) is 25.0 Å². The second-order valence-electron chi connectivity index (χ2n) is 4.84. The molecule has 1 heterocycles. The molecule has 0 saturated carbocycles. The van der Waals surface area contributed by atoms with Gasteiger partial charge in [-0.05, 0) is 30.9 Å². The minimum absolute atomic E-state index is 0.0191. The highest BCUT2D eigenvalue weighted by Gasteiger charge is 2.24. The number of hydrogen-bond acceptors (Lipinski definition) is 3. The predicted octanol–water partition coefficient (Wildman–Crippen LogP) is 1.46. The molecule has 4 nitrogen and oxygen atoms in total. The molecule has 1 fully saturated rings. The lowest BCUT2D eigenvalue weighted by Crippen LogP contribution is -2.38. The van der Waals surface area contributed by atoms with Crippen LogP contribution < -0.4 is 10.6 Å². The van der Waals surface area contributed by atoms with E-state index >= 15 is 0 Å². The zero-order valence-electron chi connectivity index (χ0n) is 10.5. The molecule has 0 bridgehead atoms. The number of benzene rings is 1. The summed E-state index contributed by atoms with van der Waals surface area (Å²) < 4.78 is 28.0. The van der Waals surface area contributed by atoms with Crippen LogP contribution in [0.1, 0.15) is 18.4 Å². The first-order chi connectivity index (χ1) is 9.02. The van der Waals surface area contributed by atoms with Crippen LogP contribution in [0.2, 0.25) is 0 Å². The Balaban J connectivity index is 2.31. The summed E-state index contributed by atoms with van der Waals surface area (Å²) in [5, 5.41) is 16.4. The van der Waals surface area contributed by atoms with Crippen molar-refractivity contribution in [1.82, 2.24) is 0 Å². The van der Waals surface area contributed by atoms with Crippen molar-refractivity contribution >= 4 is 11.5 Å². The summed E-state index contributed by atoms with van der Waals surface area (Å²) in [7, 11) is 0. The minimum Gasteiger partial charge on any atom is -0.396 e. The number of anilines is 1. The summed E-state index contributed by atoms with van der Waals surface area (Å²) in [6.07, 6.45) is 1.65. The largest absolute Gasteiger partial charge is 0.396 e. The number of rotatable bonds is 3. The Bertz CT molecular complexity index is 470. The number of piperidine rings is 1. The third-order valence-electron chi connectivity index (χ3n) is 3.42. The van der Waals surface area contributed by atoms with Crippen molar-refractivity contribution in [2.24, 2.45) is 11.7 Å². The second-order valence-corrected chi connectivity index (χ2v) is 4.84. The van der Waals surface area contributed by atoms with E-state index in [1.54, 1.807) is 4.90 Å². The molecule has 1 atom stereocenters. The Labute approximate surface area is 110 Å². The zero-order chi connectivity index (χ0) is 14.0. The highest BCUT2D eigenvalue weighted by atomic mass is 19.1. The van der Waals surface area contributed by atoms with E-state index in [1.807, 2.05) is 0 Å². The molecule has 0 aliphatic carbocycles. The lowest BCUT2D eigenvalue weighted by atomic mass is 9.98. The smallest absolute Gasteiger partial charge is 0.150 e. The SMILES string of the molecule is N=C(N)c1cc(F)c(N2CCCC(CO)C2)c(F)c1. The summed E-state index contributed by atoms with van der Waals surface area (Å²) >= 11 is 0. The molecular weight excluding hydrogens is 252 g/mol. The Hall–Kier alpha value is -1.69. The molecule has 104 valence electrons. The fourth-order valence-electron chi connectivity index (χ4n) is 2.44. The summed E-state index contributed by atoms with van der Waals surface area (Å²) in [4.78, 5) is 1.61. The van der Waals surface area contributed by atoms with E-state index in [9.17, 15) is 8.78 Å². The molecule has 0 radical (unpaired) electrons. The van der Waals surface area contributed by atoms with Crippen molar-refractivity contribution in [3.63, 3.8) is 0 Å². The van der Waals surface area contributed by atoms with E-state index in [4.69, 9.17) is 16.2 Å². The molecule has 0 spiro atoms. The lowest BCUT2D eigenvalue weighted by molar-refractivity contribution is 0.208. The second kappa shape index (κ2) is 5.52. The Morgan fingerprint density at radius 1 is 1.42 bits per heavy atom. The minimum atomic E-state index is -0.719. The standard InChI is InChI=1S/C13H17F2N3O/c14-10-4-9(13(16)17)5-11(15)12(10)18-3-1-2-8(6-18)7-19/h4-5,8,19H,1-3,6-7H2,(H3,16,17). The van der Waals surface area contributed by atoms with Gasteiger partial charge in [-0.3, -0.25) is 5.41 Å². The van der Waals surface area contributed by atoms with Crippen molar-refractivity contribution in [3.8, 4) is 0 Å². The number of amidine groups is 1. The van der Waals surface area contributed by atoms with Crippen molar-refractivity contribution in [3.05, 3.63) is 29.3 Å². The van der Waals surface area contributed by atoms with Crippen LogP contribution in [-0.2, 0) is 0 Å². The summed E-state index contributed by atoms with van der Waals surface area (Å²) in [5.41, 5.74) is 5.17. The van der Waals surface area contributed by atoms with Crippen LogP contribution in [0.25, 0.3) is 0 Å². The number of nitrogen functional groups attached to an aromatic ring is 1. The molecule has 1 unspecified atom stereocenters. The van der Waals surface area contributed by atoms with Gasteiger partial charge in [-0.1, -0.05) is 0 Å². The van der Waals surface area contributed by atoms with Crippen molar-refractivity contribution < 1.29 is 13.9 Å². The number of nitrogens with zero attached hydrogens (tertiary/aromatic N) is 1. The van der Waals surface area contributed by atoms with Gasteiger partial charge in [0.25, 0.3) is 0 Å². The highest BCUT2D eigenvalue weighted by molar-refractivity contribution is 5.95. The van der Waals surface area contributed by atoms with Crippen molar-refractivity contribution in [2.45, 2.75) is 12.8 Å². The quantitative estimate of drug-likeness (QED) is 0.574. The van der Waals surface area contributed by atoms with Gasteiger partial charge in [-0.2, -0.15) is 0 Å². The third-order valence-corrected chi connectivity index (χ3v) is 3.42. The fraction of sp³-hybridized carbons (Fsp3) is 0.462. The van der Waals surface area contributed by atoms with Crippen LogP contribution in [0.3, 0.4) is 0 Å². The van der Waals surface area contributed by atoms with Gasteiger partial charge in [0.05, 0.1) is 0 Å². The van der Waals surface area contributed by atoms with Crippen LogP contribution in [0.5, 0.6) is 0 Å². The molecule has 1 aliphatic rings. The topological polar surface area (TPSA) is 73.3 Å². The number of halogens is 2. The van der Waals surface area contributed by atoms with E-state index in [1.165, 1.54) is 0 Å². The number of aliphatic hydroxyl groups is 1. The number of nitrogens with two attached hydrogens (primary N) is 1. The normalized spacial score (nSPS) is 19.5. The van der Waals surface area contributed by atoms with Gasteiger partial charge in [-0.25, -0.2) is 8.78 Å². The van der Waals surface area contributed by atoms with Crippen LogP contribution in [0.15, 0.2) is 12.1 Å². The number of nitrogens with one attached hydrogen (secondary N) is 1. The maximum Gasteiger partial charge on any atom is 0.150 e. The van der Waals surface area contributed by atoms with Gasteiger partial charge >= 0.3 is 0 Å². The average molecular weight is 269 g/mol. The van der Waals surface area contributed by atoms with Gasteiger partial charge in [-0.15, -0.1) is 0 Å². The third kappa shape index (κ3) is 2.84. The first-order valence-corrected chi connectivity index (χ1v) is 6.22. The van der Waals surface area contributed by atoms with Gasteiger partial charge in [0.15, 0.2) is 0 Å². The van der Waals surface area contributed by atoms with Gasteiger partial charge in [0.1, 0.15) is 23.2 Å². The molecule has 2 rings (SSSR count). The van der Waals surface area contributed by atoms with Gasteiger partial charge < -0.3 is 15.7 Å². The first-order valence-electron chi connectivity index (χ1n) is 6.22. The Morgan fingerprint density at radius 2 is 2.05 bits per heavy atom. The van der Waals surface area contributed by atoms with Crippen molar-refractivity contribution in [2.75, 3.05) is 24.6 Å². The molecule has 6 heteroatoms. The monoisotopic (exact) mass is 269 g/mol. The average Bonchev–Trinajstić information content (AvgIpc) is 2.38. The van der Waals surface area contributed by atoms with E-state index in [0.29, 0.717) is 13.1 Å². The molecule has 1 aliphatic heterocycles. The lowest BCUT2D eigenvalue weighted by Gasteiger charge is -2.34. The first kappa shape index (κ1) is 13.7. The molecule has 19 heavy (non-hydrogen) atoms.